The van der Waals surface area contributed by atoms with Gasteiger partial charge in [0.15, 0.2) is 11.5 Å². The Morgan fingerprint density at radius 3 is 2.45 bits per heavy atom. The maximum Gasteiger partial charge on any atom is 0.231 e. The van der Waals surface area contributed by atoms with Crippen LogP contribution in [0.1, 0.15) is 102 Å². The number of carbonyl (C=O) groups is 2. The number of Topliss-reactive ketones (excluding diaryl/α,β-unsaturated/α-hetero) is 2. The fourth-order valence-corrected chi connectivity index (χ4v) is 4.63. The van der Waals surface area contributed by atoms with Gasteiger partial charge in [0.25, 0.3) is 0 Å². The molecule has 4 heteroatoms. The van der Waals surface area contributed by atoms with Gasteiger partial charge >= 0.3 is 0 Å². The lowest BCUT2D eigenvalue weighted by atomic mass is 9.75. The van der Waals surface area contributed by atoms with E-state index in [1.807, 2.05) is 6.07 Å². The highest BCUT2D eigenvalue weighted by molar-refractivity contribution is 5.82. The molecule has 2 saturated carbocycles. The first-order valence-electron chi connectivity index (χ1n) is 11.6. The molecule has 2 aliphatic carbocycles. The fourth-order valence-electron chi connectivity index (χ4n) is 4.63. The van der Waals surface area contributed by atoms with Gasteiger partial charge in [-0.15, -0.1) is 0 Å². The Balaban J connectivity index is 0.000000290. The predicted molar refractivity (Wildman–Crippen MR) is 115 cm³/mol. The highest BCUT2D eigenvalue weighted by Crippen LogP contribution is 2.40. The van der Waals surface area contributed by atoms with Crippen LogP contribution in [-0.4, -0.2) is 18.4 Å². The molecule has 2 fully saturated rings. The lowest BCUT2D eigenvalue weighted by Crippen LogP contribution is -2.24. The number of ketones is 2. The Hall–Kier alpha value is -1.84. The van der Waals surface area contributed by atoms with Gasteiger partial charge in [-0.05, 0) is 55.7 Å². The van der Waals surface area contributed by atoms with Gasteiger partial charge in [-0.2, -0.15) is 0 Å². The minimum Gasteiger partial charge on any atom is -0.454 e. The summed E-state index contributed by atoms with van der Waals surface area (Å²) in [5, 5.41) is 0. The molecule has 2 unspecified atom stereocenters. The van der Waals surface area contributed by atoms with Crippen molar-refractivity contribution in [3.63, 3.8) is 0 Å². The molecule has 0 N–H and O–H groups in total. The van der Waals surface area contributed by atoms with Gasteiger partial charge in [0.05, 0.1) is 0 Å². The average Bonchev–Trinajstić information content (AvgIpc) is 3.21. The van der Waals surface area contributed by atoms with Crippen LogP contribution in [0.25, 0.3) is 0 Å². The Morgan fingerprint density at radius 1 is 0.931 bits per heavy atom. The molecule has 1 aliphatic heterocycles. The van der Waals surface area contributed by atoms with E-state index in [0.717, 1.165) is 62.9 Å². The molecule has 160 valence electrons. The molecule has 0 bridgehead atoms. The van der Waals surface area contributed by atoms with E-state index in [-0.39, 0.29) is 5.92 Å². The lowest BCUT2D eigenvalue weighted by Gasteiger charge is -2.28. The van der Waals surface area contributed by atoms with Crippen molar-refractivity contribution in [2.24, 2.45) is 5.92 Å². The first-order chi connectivity index (χ1) is 14.2. The van der Waals surface area contributed by atoms with Crippen LogP contribution in [0.2, 0.25) is 0 Å². The van der Waals surface area contributed by atoms with Crippen LogP contribution in [0.15, 0.2) is 18.2 Å². The SMILES string of the molecule is CCCCCCC1CC(c2ccc3c(c2)OCO3)CCC1=O.O=C1CCCCC1. The van der Waals surface area contributed by atoms with Crippen molar-refractivity contribution in [3.05, 3.63) is 23.8 Å². The average molecular weight is 401 g/mol. The summed E-state index contributed by atoms with van der Waals surface area (Å²) in [6, 6.07) is 6.25. The number of rotatable bonds is 6. The Labute approximate surface area is 175 Å². The minimum absolute atomic E-state index is 0.265. The predicted octanol–water partition coefficient (Wildman–Crippen LogP) is 6.36. The van der Waals surface area contributed by atoms with Gasteiger partial charge in [-0.3, -0.25) is 9.59 Å². The molecule has 1 heterocycles. The smallest absolute Gasteiger partial charge is 0.231 e. The number of benzene rings is 1. The number of hydrogen-bond acceptors (Lipinski definition) is 4. The summed E-state index contributed by atoms with van der Waals surface area (Å²) < 4.78 is 10.9. The molecular weight excluding hydrogens is 364 g/mol. The summed E-state index contributed by atoms with van der Waals surface area (Å²) >= 11 is 0. The van der Waals surface area contributed by atoms with Crippen LogP contribution in [0.3, 0.4) is 0 Å². The monoisotopic (exact) mass is 400 g/mol. The highest BCUT2D eigenvalue weighted by atomic mass is 16.7. The van der Waals surface area contributed by atoms with E-state index in [0.29, 0.717) is 24.3 Å². The van der Waals surface area contributed by atoms with E-state index >= 15 is 0 Å². The second-order valence-corrected chi connectivity index (χ2v) is 8.70. The first-order valence-corrected chi connectivity index (χ1v) is 11.6. The van der Waals surface area contributed by atoms with E-state index in [4.69, 9.17) is 9.47 Å². The Morgan fingerprint density at radius 2 is 1.72 bits per heavy atom. The quantitative estimate of drug-likeness (QED) is 0.522. The van der Waals surface area contributed by atoms with Gasteiger partial charge in [0.2, 0.25) is 6.79 Å². The van der Waals surface area contributed by atoms with Crippen molar-refractivity contribution in [1.29, 1.82) is 0 Å². The molecule has 3 aliphatic rings. The van der Waals surface area contributed by atoms with E-state index in [2.05, 4.69) is 19.1 Å². The zero-order chi connectivity index (χ0) is 20.5. The zero-order valence-electron chi connectivity index (χ0n) is 17.9. The number of carbonyl (C=O) groups excluding carboxylic acids is 2. The molecule has 0 amide bonds. The van der Waals surface area contributed by atoms with Gasteiger partial charge in [-0.25, -0.2) is 0 Å². The van der Waals surface area contributed by atoms with Gasteiger partial charge in [0.1, 0.15) is 11.6 Å². The molecule has 1 aromatic carbocycles. The van der Waals surface area contributed by atoms with Gasteiger partial charge in [0, 0.05) is 25.2 Å². The van der Waals surface area contributed by atoms with Crippen LogP contribution in [0, 0.1) is 5.92 Å². The molecule has 4 rings (SSSR count). The van der Waals surface area contributed by atoms with E-state index in [9.17, 15) is 9.59 Å². The standard InChI is InChI=1S/C19H26O3.C6H10O/c1-2-3-4-5-6-16-11-14(7-9-17(16)20)15-8-10-18-19(12-15)22-13-21-18;7-6-4-2-1-3-5-6/h8,10,12,14,16H,2-7,9,11,13H2,1H3;1-5H2. The van der Waals surface area contributed by atoms with Crippen molar-refractivity contribution in [1.82, 2.24) is 0 Å². The summed E-state index contributed by atoms with van der Waals surface area (Å²) in [5.41, 5.74) is 1.30. The number of hydrogen-bond donors (Lipinski definition) is 0. The second-order valence-electron chi connectivity index (χ2n) is 8.70. The normalized spacial score (nSPS) is 23.5. The second kappa shape index (κ2) is 11.4. The highest BCUT2D eigenvalue weighted by Gasteiger charge is 2.30. The maximum atomic E-state index is 12.2. The molecule has 0 spiro atoms. The molecule has 0 radical (unpaired) electrons. The fraction of sp³-hybridized carbons (Fsp3) is 0.680. The molecule has 0 saturated heterocycles. The molecule has 2 atom stereocenters. The van der Waals surface area contributed by atoms with Crippen LogP contribution < -0.4 is 9.47 Å². The van der Waals surface area contributed by atoms with Crippen molar-refractivity contribution in [3.8, 4) is 11.5 Å². The topological polar surface area (TPSA) is 52.6 Å². The molecule has 1 aromatic rings. The van der Waals surface area contributed by atoms with Crippen LogP contribution >= 0.6 is 0 Å². The van der Waals surface area contributed by atoms with Gasteiger partial charge in [-0.1, -0.05) is 45.1 Å². The van der Waals surface area contributed by atoms with Crippen molar-refractivity contribution in [2.75, 3.05) is 6.79 Å². The lowest BCUT2D eigenvalue weighted by molar-refractivity contribution is -0.125. The number of ether oxygens (including phenoxy) is 2. The van der Waals surface area contributed by atoms with E-state index < -0.39 is 0 Å². The third kappa shape index (κ3) is 6.58. The summed E-state index contributed by atoms with van der Waals surface area (Å²) in [6.07, 6.45) is 14.0. The maximum absolute atomic E-state index is 12.2. The third-order valence-corrected chi connectivity index (χ3v) is 6.45. The third-order valence-electron chi connectivity index (χ3n) is 6.45. The number of fused-ring (bicyclic) bond motifs is 1. The summed E-state index contributed by atoms with van der Waals surface area (Å²) in [5.74, 6) is 3.39. The summed E-state index contributed by atoms with van der Waals surface area (Å²) in [6.45, 7) is 2.55. The first kappa shape index (κ1) is 21.9. The van der Waals surface area contributed by atoms with Crippen molar-refractivity contribution >= 4 is 11.6 Å². The van der Waals surface area contributed by atoms with E-state index in [1.165, 1.54) is 37.7 Å². The molecule has 4 nitrogen and oxygen atoms in total. The van der Waals surface area contributed by atoms with Crippen molar-refractivity contribution in [2.45, 2.75) is 96.3 Å². The minimum atomic E-state index is 0.265. The molecule has 29 heavy (non-hydrogen) atoms. The molecule has 0 aromatic heterocycles. The molecular formula is C25H36O4. The Bertz CT molecular complexity index is 673. The summed E-state index contributed by atoms with van der Waals surface area (Å²) in [7, 11) is 0. The van der Waals surface area contributed by atoms with Crippen LogP contribution in [0.4, 0.5) is 0 Å². The zero-order valence-corrected chi connectivity index (χ0v) is 17.9. The number of unbranched alkanes of at least 4 members (excludes halogenated alkanes) is 3. The van der Waals surface area contributed by atoms with Crippen molar-refractivity contribution < 1.29 is 19.1 Å². The van der Waals surface area contributed by atoms with Gasteiger partial charge < -0.3 is 9.47 Å². The van der Waals surface area contributed by atoms with Crippen LogP contribution in [-0.2, 0) is 9.59 Å². The van der Waals surface area contributed by atoms with E-state index in [1.54, 1.807) is 0 Å². The summed E-state index contributed by atoms with van der Waals surface area (Å²) in [4.78, 5) is 22.6. The largest absolute Gasteiger partial charge is 0.454 e. The Kier molecular flexibility index (Phi) is 8.57. The van der Waals surface area contributed by atoms with Crippen LogP contribution in [0.5, 0.6) is 11.5 Å².